The van der Waals surface area contributed by atoms with Gasteiger partial charge in [-0.25, -0.2) is 4.79 Å². The lowest BCUT2D eigenvalue weighted by atomic mass is 9.99. The SMILES string of the molecule is C[C@@H](OC(=O)/C=C/c1ccc(C#N)cc1)C(=O)N1CCc2ccccc2C1. The lowest BCUT2D eigenvalue weighted by Gasteiger charge is -2.30. The maximum Gasteiger partial charge on any atom is 0.331 e. The molecule has 1 amide bonds. The second-order valence-electron chi connectivity index (χ2n) is 6.42. The molecule has 136 valence electrons. The summed E-state index contributed by atoms with van der Waals surface area (Å²) in [5, 5.41) is 8.78. The minimum atomic E-state index is -0.839. The summed E-state index contributed by atoms with van der Waals surface area (Å²) >= 11 is 0. The molecule has 1 aliphatic rings. The highest BCUT2D eigenvalue weighted by Gasteiger charge is 2.26. The Morgan fingerprint density at radius 3 is 2.56 bits per heavy atom. The Morgan fingerprint density at radius 2 is 1.85 bits per heavy atom. The lowest BCUT2D eigenvalue weighted by molar-refractivity contribution is -0.155. The summed E-state index contributed by atoms with van der Waals surface area (Å²) in [6.07, 6.45) is 2.85. The third-order valence-corrected chi connectivity index (χ3v) is 4.53. The van der Waals surface area contributed by atoms with E-state index >= 15 is 0 Å². The maximum absolute atomic E-state index is 12.6. The van der Waals surface area contributed by atoms with Crippen molar-refractivity contribution in [3.8, 4) is 6.07 Å². The molecule has 2 aromatic carbocycles. The number of rotatable bonds is 4. The van der Waals surface area contributed by atoms with Gasteiger partial charge in [-0.1, -0.05) is 36.4 Å². The predicted molar refractivity (Wildman–Crippen MR) is 101 cm³/mol. The van der Waals surface area contributed by atoms with Crippen molar-refractivity contribution < 1.29 is 14.3 Å². The van der Waals surface area contributed by atoms with Crippen molar-refractivity contribution in [1.29, 1.82) is 5.26 Å². The average Bonchev–Trinajstić information content (AvgIpc) is 2.71. The Bertz CT molecular complexity index is 910. The summed E-state index contributed by atoms with van der Waals surface area (Å²) in [4.78, 5) is 26.3. The van der Waals surface area contributed by atoms with Gasteiger partial charge in [-0.2, -0.15) is 5.26 Å². The molecular weight excluding hydrogens is 340 g/mol. The van der Waals surface area contributed by atoms with Gasteiger partial charge in [0, 0.05) is 19.2 Å². The number of hydrogen-bond donors (Lipinski definition) is 0. The molecule has 0 N–H and O–H groups in total. The molecule has 27 heavy (non-hydrogen) atoms. The number of benzene rings is 2. The van der Waals surface area contributed by atoms with Gasteiger partial charge in [0.2, 0.25) is 0 Å². The molecule has 0 aliphatic carbocycles. The van der Waals surface area contributed by atoms with E-state index < -0.39 is 12.1 Å². The fraction of sp³-hybridized carbons (Fsp3) is 0.227. The van der Waals surface area contributed by atoms with E-state index in [2.05, 4.69) is 6.07 Å². The van der Waals surface area contributed by atoms with Gasteiger partial charge in [0.05, 0.1) is 11.6 Å². The molecule has 0 saturated carbocycles. The fourth-order valence-corrected chi connectivity index (χ4v) is 3.04. The monoisotopic (exact) mass is 360 g/mol. The van der Waals surface area contributed by atoms with Gasteiger partial charge in [-0.3, -0.25) is 4.79 Å². The van der Waals surface area contributed by atoms with Crippen molar-refractivity contribution in [3.63, 3.8) is 0 Å². The third kappa shape index (κ3) is 4.62. The number of esters is 1. The standard InChI is InChI=1S/C22H20N2O3/c1-16(22(26)24-13-12-19-4-2-3-5-20(19)15-24)27-21(25)11-10-17-6-8-18(14-23)9-7-17/h2-11,16H,12-13,15H2,1H3/b11-10+/t16-/m1/s1. The van der Waals surface area contributed by atoms with Crippen LogP contribution in [0.3, 0.4) is 0 Å². The minimum Gasteiger partial charge on any atom is -0.449 e. The van der Waals surface area contributed by atoms with E-state index in [-0.39, 0.29) is 5.91 Å². The van der Waals surface area contributed by atoms with Crippen LogP contribution in [0.15, 0.2) is 54.6 Å². The van der Waals surface area contributed by atoms with Crippen molar-refractivity contribution in [2.75, 3.05) is 6.54 Å². The van der Waals surface area contributed by atoms with Gasteiger partial charge >= 0.3 is 5.97 Å². The maximum atomic E-state index is 12.6. The first-order valence-corrected chi connectivity index (χ1v) is 8.81. The molecular formula is C22H20N2O3. The van der Waals surface area contributed by atoms with E-state index in [1.165, 1.54) is 11.6 Å². The van der Waals surface area contributed by atoms with Crippen LogP contribution in [0.4, 0.5) is 0 Å². The van der Waals surface area contributed by atoms with E-state index in [1.54, 1.807) is 42.2 Å². The average molecular weight is 360 g/mol. The van der Waals surface area contributed by atoms with Gasteiger partial charge in [0.25, 0.3) is 5.91 Å². The Hall–Kier alpha value is -3.39. The quantitative estimate of drug-likeness (QED) is 0.621. The molecule has 1 atom stereocenters. The summed E-state index contributed by atoms with van der Waals surface area (Å²) in [6, 6.07) is 16.9. The highest BCUT2D eigenvalue weighted by Crippen LogP contribution is 2.19. The van der Waals surface area contributed by atoms with E-state index in [1.807, 2.05) is 24.3 Å². The summed E-state index contributed by atoms with van der Waals surface area (Å²) in [7, 11) is 0. The molecule has 0 radical (unpaired) electrons. The van der Waals surface area contributed by atoms with Gasteiger partial charge in [0.15, 0.2) is 6.10 Å². The van der Waals surface area contributed by atoms with Gasteiger partial charge < -0.3 is 9.64 Å². The van der Waals surface area contributed by atoms with Crippen molar-refractivity contribution in [3.05, 3.63) is 76.9 Å². The smallest absolute Gasteiger partial charge is 0.331 e. The molecule has 1 aliphatic heterocycles. The molecule has 0 unspecified atom stereocenters. The second-order valence-corrected chi connectivity index (χ2v) is 6.42. The Kier molecular flexibility index (Phi) is 5.68. The minimum absolute atomic E-state index is 0.190. The van der Waals surface area contributed by atoms with Crippen LogP contribution < -0.4 is 0 Å². The highest BCUT2D eigenvalue weighted by molar-refractivity contribution is 5.90. The Morgan fingerprint density at radius 1 is 1.15 bits per heavy atom. The first-order chi connectivity index (χ1) is 13.1. The topological polar surface area (TPSA) is 70.4 Å². The number of fused-ring (bicyclic) bond motifs is 1. The van der Waals surface area contributed by atoms with Gasteiger partial charge in [0.1, 0.15) is 0 Å². The van der Waals surface area contributed by atoms with Gasteiger partial charge in [-0.15, -0.1) is 0 Å². The van der Waals surface area contributed by atoms with Gasteiger partial charge in [-0.05, 0) is 48.2 Å². The molecule has 0 fully saturated rings. The summed E-state index contributed by atoms with van der Waals surface area (Å²) < 4.78 is 5.25. The van der Waals surface area contributed by atoms with Crippen LogP contribution in [0, 0.1) is 11.3 Å². The van der Waals surface area contributed by atoms with E-state index in [4.69, 9.17) is 10.00 Å². The first kappa shape index (κ1) is 18.4. The van der Waals surface area contributed by atoms with Crippen LogP contribution in [0.1, 0.15) is 29.2 Å². The van der Waals surface area contributed by atoms with Crippen LogP contribution in [0.25, 0.3) is 6.08 Å². The highest BCUT2D eigenvalue weighted by atomic mass is 16.5. The Balaban J connectivity index is 1.55. The number of ether oxygens (including phenoxy) is 1. The molecule has 2 aromatic rings. The van der Waals surface area contributed by atoms with Crippen molar-refractivity contribution in [2.24, 2.45) is 0 Å². The predicted octanol–water partition coefficient (Wildman–Crippen LogP) is 3.09. The molecule has 3 rings (SSSR count). The molecule has 0 bridgehead atoms. The lowest BCUT2D eigenvalue weighted by Crippen LogP contribution is -2.42. The van der Waals surface area contributed by atoms with Crippen molar-refractivity contribution in [2.45, 2.75) is 26.0 Å². The molecule has 0 aromatic heterocycles. The number of nitrogens with zero attached hydrogens (tertiary/aromatic N) is 2. The number of carbonyl (C=O) groups is 2. The number of amides is 1. The number of nitriles is 1. The summed E-state index contributed by atoms with van der Waals surface area (Å²) in [6.45, 7) is 2.76. The van der Waals surface area contributed by atoms with E-state index in [0.717, 1.165) is 17.5 Å². The van der Waals surface area contributed by atoms with E-state index in [0.29, 0.717) is 18.7 Å². The number of hydrogen-bond acceptors (Lipinski definition) is 4. The van der Waals surface area contributed by atoms with Crippen LogP contribution >= 0.6 is 0 Å². The fourth-order valence-electron chi connectivity index (χ4n) is 3.04. The molecule has 5 nitrogen and oxygen atoms in total. The molecule has 5 heteroatoms. The van der Waals surface area contributed by atoms with E-state index in [9.17, 15) is 9.59 Å². The second kappa shape index (κ2) is 8.33. The zero-order valence-electron chi connectivity index (χ0n) is 15.1. The van der Waals surface area contributed by atoms with Crippen molar-refractivity contribution >= 4 is 18.0 Å². The zero-order chi connectivity index (χ0) is 19.2. The van der Waals surface area contributed by atoms with Crippen LogP contribution in [0.2, 0.25) is 0 Å². The third-order valence-electron chi connectivity index (χ3n) is 4.53. The normalized spacial score (nSPS) is 14.3. The summed E-state index contributed by atoms with van der Waals surface area (Å²) in [5.74, 6) is -0.762. The van der Waals surface area contributed by atoms with Crippen molar-refractivity contribution in [1.82, 2.24) is 4.90 Å². The van der Waals surface area contributed by atoms with Crippen LogP contribution in [-0.2, 0) is 27.3 Å². The Labute approximate surface area is 158 Å². The zero-order valence-corrected chi connectivity index (χ0v) is 15.1. The first-order valence-electron chi connectivity index (χ1n) is 8.81. The molecule has 0 spiro atoms. The summed E-state index contributed by atoms with van der Waals surface area (Å²) in [5.41, 5.74) is 3.72. The molecule has 1 heterocycles. The largest absolute Gasteiger partial charge is 0.449 e. The number of carbonyl (C=O) groups excluding carboxylic acids is 2. The van der Waals surface area contributed by atoms with Crippen LogP contribution in [0.5, 0.6) is 0 Å². The molecule has 0 saturated heterocycles. The van der Waals surface area contributed by atoms with Crippen LogP contribution in [-0.4, -0.2) is 29.4 Å².